The van der Waals surface area contributed by atoms with Crippen molar-refractivity contribution in [3.63, 3.8) is 0 Å². The minimum atomic E-state index is -0.208. The maximum Gasteiger partial charge on any atom is 0.152 e. The molecule has 1 aliphatic rings. The predicted molar refractivity (Wildman–Crippen MR) is 58.1 cm³/mol. The SMILES string of the molecule is CC(C)(C)C(=O)CN1CCC(CN)C1. The largest absolute Gasteiger partial charge is 0.330 e. The first-order valence-corrected chi connectivity index (χ1v) is 5.39. The average molecular weight is 198 g/mol. The van der Waals surface area contributed by atoms with Gasteiger partial charge in [-0.05, 0) is 25.4 Å². The van der Waals surface area contributed by atoms with Gasteiger partial charge in [0.25, 0.3) is 0 Å². The third-order valence-corrected chi connectivity index (χ3v) is 2.91. The molecule has 0 spiro atoms. The first-order valence-electron chi connectivity index (χ1n) is 5.39. The van der Waals surface area contributed by atoms with Crippen LogP contribution in [0, 0.1) is 11.3 Å². The van der Waals surface area contributed by atoms with Crippen LogP contribution < -0.4 is 5.73 Å². The van der Waals surface area contributed by atoms with E-state index in [9.17, 15) is 4.79 Å². The second-order valence-corrected chi connectivity index (χ2v) is 5.30. The lowest BCUT2D eigenvalue weighted by atomic mass is 9.90. The summed E-state index contributed by atoms with van der Waals surface area (Å²) in [7, 11) is 0. The topological polar surface area (TPSA) is 46.3 Å². The van der Waals surface area contributed by atoms with Crippen LogP contribution in [-0.4, -0.2) is 36.9 Å². The van der Waals surface area contributed by atoms with Crippen molar-refractivity contribution < 1.29 is 4.79 Å². The summed E-state index contributed by atoms with van der Waals surface area (Å²) in [5.74, 6) is 0.929. The maximum absolute atomic E-state index is 11.7. The van der Waals surface area contributed by atoms with Gasteiger partial charge in [-0.15, -0.1) is 0 Å². The lowest BCUT2D eigenvalue weighted by molar-refractivity contribution is -0.127. The Morgan fingerprint density at radius 2 is 2.14 bits per heavy atom. The van der Waals surface area contributed by atoms with Crippen molar-refractivity contribution in [2.24, 2.45) is 17.1 Å². The molecule has 1 saturated heterocycles. The van der Waals surface area contributed by atoms with Crippen molar-refractivity contribution in [1.29, 1.82) is 0 Å². The molecule has 3 nitrogen and oxygen atoms in total. The zero-order chi connectivity index (χ0) is 10.8. The van der Waals surface area contributed by atoms with E-state index in [1.165, 1.54) is 0 Å². The molecule has 2 N–H and O–H groups in total. The predicted octanol–water partition coefficient (Wildman–Crippen LogP) is 0.882. The monoisotopic (exact) mass is 198 g/mol. The number of hydrogen-bond acceptors (Lipinski definition) is 3. The van der Waals surface area contributed by atoms with E-state index < -0.39 is 0 Å². The van der Waals surface area contributed by atoms with Crippen molar-refractivity contribution in [3.8, 4) is 0 Å². The summed E-state index contributed by atoms with van der Waals surface area (Å²) >= 11 is 0. The molecule has 3 heteroatoms. The summed E-state index contributed by atoms with van der Waals surface area (Å²) in [5, 5.41) is 0. The van der Waals surface area contributed by atoms with Crippen molar-refractivity contribution in [1.82, 2.24) is 4.90 Å². The van der Waals surface area contributed by atoms with Gasteiger partial charge < -0.3 is 5.73 Å². The number of nitrogens with two attached hydrogens (primary N) is 1. The maximum atomic E-state index is 11.7. The summed E-state index contributed by atoms with van der Waals surface area (Å²) in [4.78, 5) is 14.0. The van der Waals surface area contributed by atoms with E-state index in [1.807, 2.05) is 20.8 Å². The number of ketones is 1. The van der Waals surface area contributed by atoms with Crippen LogP contribution >= 0.6 is 0 Å². The second kappa shape index (κ2) is 4.41. The molecule has 0 aromatic heterocycles. The highest BCUT2D eigenvalue weighted by Gasteiger charge is 2.27. The molecule has 0 aliphatic carbocycles. The standard InChI is InChI=1S/C11H22N2O/c1-11(2,3)10(14)8-13-5-4-9(6-12)7-13/h9H,4-8,12H2,1-3H3. The van der Waals surface area contributed by atoms with Crippen LogP contribution in [0.3, 0.4) is 0 Å². The minimum Gasteiger partial charge on any atom is -0.330 e. The van der Waals surface area contributed by atoms with Gasteiger partial charge in [0.1, 0.15) is 0 Å². The third kappa shape index (κ3) is 3.07. The number of nitrogens with zero attached hydrogens (tertiary/aromatic N) is 1. The highest BCUT2D eigenvalue weighted by atomic mass is 16.1. The van der Waals surface area contributed by atoms with Crippen LogP contribution in [0.4, 0.5) is 0 Å². The highest BCUT2D eigenvalue weighted by molar-refractivity contribution is 5.85. The van der Waals surface area contributed by atoms with Gasteiger partial charge in [0, 0.05) is 12.0 Å². The normalized spacial score (nSPS) is 24.1. The van der Waals surface area contributed by atoms with Gasteiger partial charge >= 0.3 is 0 Å². The third-order valence-electron chi connectivity index (χ3n) is 2.91. The van der Waals surface area contributed by atoms with Gasteiger partial charge in [-0.2, -0.15) is 0 Å². The summed E-state index contributed by atoms with van der Waals surface area (Å²) in [6.07, 6.45) is 1.15. The number of Topliss-reactive ketones (excluding diaryl/α,β-unsaturated/α-hetero) is 1. The van der Waals surface area contributed by atoms with Gasteiger partial charge in [-0.25, -0.2) is 0 Å². The van der Waals surface area contributed by atoms with E-state index in [0.29, 0.717) is 18.2 Å². The minimum absolute atomic E-state index is 0.208. The fourth-order valence-electron chi connectivity index (χ4n) is 1.69. The van der Waals surface area contributed by atoms with Crippen molar-refractivity contribution in [2.45, 2.75) is 27.2 Å². The quantitative estimate of drug-likeness (QED) is 0.732. The Labute approximate surface area is 86.6 Å². The number of rotatable bonds is 3. The molecule has 14 heavy (non-hydrogen) atoms. The molecular formula is C11H22N2O. The average Bonchev–Trinajstić information content (AvgIpc) is 2.50. The van der Waals surface area contributed by atoms with Gasteiger partial charge in [-0.1, -0.05) is 20.8 Å². The lowest BCUT2D eigenvalue weighted by Crippen LogP contribution is -2.35. The Kier molecular flexibility index (Phi) is 3.67. The van der Waals surface area contributed by atoms with Crippen molar-refractivity contribution in [2.75, 3.05) is 26.2 Å². The Bertz CT molecular complexity index is 208. The van der Waals surface area contributed by atoms with Crippen LogP contribution in [-0.2, 0) is 4.79 Å². The molecule has 0 aromatic carbocycles. The van der Waals surface area contributed by atoms with E-state index in [4.69, 9.17) is 5.73 Å². The Hall–Kier alpha value is -0.410. The van der Waals surface area contributed by atoms with E-state index in [1.54, 1.807) is 0 Å². The summed E-state index contributed by atoms with van der Waals surface area (Å²) in [5.41, 5.74) is 5.39. The molecule has 1 unspecified atom stereocenters. The molecular weight excluding hydrogens is 176 g/mol. The van der Waals surface area contributed by atoms with E-state index in [-0.39, 0.29) is 5.41 Å². The molecule has 0 aromatic rings. The van der Waals surface area contributed by atoms with E-state index in [2.05, 4.69) is 4.90 Å². The van der Waals surface area contributed by atoms with Gasteiger partial charge in [0.05, 0.1) is 6.54 Å². The molecule has 0 saturated carbocycles. The van der Waals surface area contributed by atoms with Crippen molar-refractivity contribution in [3.05, 3.63) is 0 Å². The molecule has 0 radical (unpaired) electrons. The smallest absolute Gasteiger partial charge is 0.152 e. The number of carbonyl (C=O) groups is 1. The Balaban J connectivity index is 2.36. The molecule has 0 bridgehead atoms. The molecule has 1 aliphatic heterocycles. The molecule has 1 rings (SSSR count). The zero-order valence-electron chi connectivity index (χ0n) is 9.55. The fraction of sp³-hybridized carbons (Fsp3) is 0.909. The number of hydrogen-bond donors (Lipinski definition) is 1. The Morgan fingerprint density at radius 3 is 2.57 bits per heavy atom. The van der Waals surface area contributed by atoms with Gasteiger partial charge in [-0.3, -0.25) is 9.69 Å². The van der Waals surface area contributed by atoms with Gasteiger partial charge in [0.15, 0.2) is 5.78 Å². The second-order valence-electron chi connectivity index (χ2n) is 5.30. The molecule has 0 amide bonds. The molecule has 1 heterocycles. The summed E-state index contributed by atoms with van der Waals surface area (Å²) in [6, 6.07) is 0. The fourth-order valence-corrected chi connectivity index (χ4v) is 1.69. The van der Waals surface area contributed by atoms with Crippen LogP contribution in [0.15, 0.2) is 0 Å². The van der Waals surface area contributed by atoms with Crippen LogP contribution in [0.5, 0.6) is 0 Å². The highest BCUT2D eigenvalue weighted by Crippen LogP contribution is 2.19. The zero-order valence-corrected chi connectivity index (χ0v) is 9.55. The van der Waals surface area contributed by atoms with E-state index >= 15 is 0 Å². The van der Waals surface area contributed by atoms with Crippen LogP contribution in [0.1, 0.15) is 27.2 Å². The molecule has 1 fully saturated rings. The Morgan fingerprint density at radius 1 is 1.50 bits per heavy atom. The number of carbonyl (C=O) groups excluding carboxylic acids is 1. The lowest BCUT2D eigenvalue weighted by Gasteiger charge is -2.21. The molecule has 1 atom stereocenters. The molecule has 82 valence electrons. The van der Waals surface area contributed by atoms with Crippen molar-refractivity contribution >= 4 is 5.78 Å². The first-order chi connectivity index (χ1) is 6.43. The van der Waals surface area contributed by atoms with Crippen LogP contribution in [0.2, 0.25) is 0 Å². The van der Waals surface area contributed by atoms with E-state index in [0.717, 1.165) is 26.1 Å². The van der Waals surface area contributed by atoms with Crippen LogP contribution in [0.25, 0.3) is 0 Å². The summed E-state index contributed by atoms with van der Waals surface area (Å²) < 4.78 is 0. The first kappa shape index (κ1) is 11.7. The van der Waals surface area contributed by atoms with Gasteiger partial charge in [0.2, 0.25) is 0 Å². The number of likely N-dealkylation sites (tertiary alicyclic amines) is 1. The summed E-state index contributed by atoms with van der Waals surface area (Å²) in [6.45, 7) is 9.31.